The van der Waals surface area contributed by atoms with Crippen LogP contribution < -0.4 is 5.32 Å². The summed E-state index contributed by atoms with van der Waals surface area (Å²) in [6.45, 7) is 7.44. The molecule has 0 radical (unpaired) electrons. The lowest BCUT2D eigenvalue weighted by atomic mass is 10.0. The lowest BCUT2D eigenvalue weighted by Crippen LogP contribution is -2.47. The minimum Gasteiger partial charge on any atom is -0.336 e. The molecule has 2 amide bonds. The molecule has 1 fully saturated rings. The fraction of sp³-hybridized carbons (Fsp3) is 0.391. The Morgan fingerprint density at radius 2 is 1.39 bits per heavy atom. The highest BCUT2D eigenvalue weighted by atomic mass is 16.2. The van der Waals surface area contributed by atoms with Gasteiger partial charge in [-0.1, -0.05) is 32.0 Å². The monoisotopic (exact) mass is 379 g/mol. The Bertz CT molecular complexity index is 815. The highest BCUT2D eigenvalue weighted by molar-refractivity contribution is 6.05. The highest BCUT2D eigenvalue weighted by Gasteiger charge is 2.20. The van der Waals surface area contributed by atoms with E-state index in [9.17, 15) is 9.59 Å². The zero-order valence-electron chi connectivity index (χ0n) is 17.0. The average Bonchev–Trinajstić information content (AvgIpc) is 2.74. The van der Waals surface area contributed by atoms with E-state index in [1.807, 2.05) is 23.1 Å². The number of hydrogen-bond donors (Lipinski definition) is 1. The first-order chi connectivity index (χ1) is 13.5. The Kier molecular flexibility index (Phi) is 6.47. The largest absolute Gasteiger partial charge is 0.336 e. The summed E-state index contributed by atoms with van der Waals surface area (Å²) in [6.07, 6.45) is 1.73. The highest BCUT2D eigenvalue weighted by Crippen LogP contribution is 2.23. The second-order valence-electron chi connectivity index (χ2n) is 7.29. The molecule has 0 unspecified atom stereocenters. The van der Waals surface area contributed by atoms with Gasteiger partial charge in [0.15, 0.2) is 0 Å². The van der Waals surface area contributed by atoms with Crippen LogP contribution >= 0.6 is 0 Å². The second kappa shape index (κ2) is 9.02. The maximum Gasteiger partial charge on any atom is 0.255 e. The van der Waals surface area contributed by atoms with Crippen molar-refractivity contribution in [3.05, 3.63) is 64.7 Å². The van der Waals surface area contributed by atoms with Crippen molar-refractivity contribution in [1.29, 1.82) is 0 Å². The Morgan fingerprint density at radius 3 is 1.93 bits per heavy atom. The van der Waals surface area contributed by atoms with Crippen LogP contribution in [0.25, 0.3) is 0 Å². The van der Waals surface area contributed by atoms with Crippen LogP contribution in [0.4, 0.5) is 5.69 Å². The molecule has 3 rings (SSSR count). The zero-order valence-corrected chi connectivity index (χ0v) is 17.0. The third kappa shape index (κ3) is 4.42. The lowest BCUT2D eigenvalue weighted by molar-refractivity contribution is 0.0664. The maximum absolute atomic E-state index is 12.8. The summed E-state index contributed by atoms with van der Waals surface area (Å²) in [5, 5.41) is 3.07. The number of rotatable bonds is 5. The first-order valence-electron chi connectivity index (χ1n) is 10.0. The number of benzene rings is 2. The quantitative estimate of drug-likeness (QED) is 0.866. The van der Waals surface area contributed by atoms with Crippen molar-refractivity contribution in [1.82, 2.24) is 9.80 Å². The molecule has 0 aromatic heterocycles. The van der Waals surface area contributed by atoms with E-state index in [-0.39, 0.29) is 11.8 Å². The normalized spacial score (nSPS) is 14.8. The number of nitrogens with zero attached hydrogens (tertiary/aromatic N) is 2. The summed E-state index contributed by atoms with van der Waals surface area (Å²) < 4.78 is 0. The predicted octanol–water partition coefficient (Wildman–Crippen LogP) is 3.45. The SMILES string of the molecule is CCc1cccc(CC)c1NC(=O)c1ccc(C(=O)N2CCN(C)CC2)cc1. The summed E-state index contributed by atoms with van der Waals surface area (Å²) in [5.41, 5.74) is 4.37. The van der Waals surface area contributed by atoms with Crippen LogP contribution in [0, 0.1) is 0 Å². The fourth-order valence-corrected chi connectivity index (χ4v) is 3.55. The molecule has 1 heterocycles. The molecule has 1 aliphatic heterocycles. The number of hydrogen-bond acceptors (Lipinski definition) is 3. The molecule has 148 valence electrons. The summed E-state index contributed by atoms with van der Waals surface area (Å²) in [6, 6.07) is 13.1. The van der Waals surface area contributed by atoms with Crippen LogP contribution in [-0.2, 0) is 12.8 Å². The van der Waals surface area contributed by atoms with Gasteiger partial charge in [0.25, 0.3) is 11.8 Å². The van der Waals surface area contributed by atoms with Gasteiger partial charge in [-0.05, 0) is 55.3 Å². The van der Waals surface area contributed by atoms with Crippen LogP contribution in [0.2, 0.25) is 0 Å². The van der Waals surface area contributed by atoms with Crippen molar-refractivity contribution in [2.45, 2.75) is 26.7 Å². The van der Waals surface area contributed by atoms with E-state index < -0.39 is 0 Å². The standard InChI is InChI=1S/C23H29N3O2/c1-4-17-7-6-8-18(5-2)21(17)24-22(27)19-9-11-20(12-10-19)23(28)26-15-13-25(3)14-16-26/h6-12H,4-5,13-16H2,1-3H3,(H,24,27). The first kappa shape index (κ1) is 20.1. The molecule has 28 heavy (non-hydrogen) atoms. The predicted molar refractivity (Wildman–Crippen MR) is 113 cm³/mol. The van der Waals surface area contributed by atoms with Crippen LogP contribution in [0.3, 0.4) is 0 Å². The molecule has 0 atom stereocenters. The third-order valence-corrected chi connectivity index (χ3v) is 5.42. The van der Waals surface area contributed by atoms with Gasteiger partial charge < -0.3 is 15.1 Å². The molecule has 1 aliphatic rings. The van der Waals surface area contributed by atoms with Crippen molar-refractivity contribution in [2.75, 3.05) is 38.5 Å². The number of anilines is 1. The van der Waals surface area contributed by atoms with E-state index in [1.165, 1.54) is 0 Å². The molecule has 2 aromatic carbocycles. The van der Waals surface area contributed by atoms with Gasteiger partial charge in [-0.15, -0.1) is 0 Å². The Labute approximate surface area is 167 Å². The lowest BCUT2D eigenvalue weighted by Gasteiger charge is -2.32. The molecule has 1 N–H and O–H groups in total. The Morgan fingerprint density at radius 1 is 0.857 bits per heavy atom. The minimum atomic E-state index is -0.144. The molecule has 0 spiro atoms. The van der Waals surface area contributed by atoms with Crippen LogP contribution in [-0.4, -0.2) is 54.8 Å². The van der Waals surface area contributed by atoms with Crippen LogP contribution in [0.5, 0.6) is 0 Å². The van der Waals surface area contributed by atoms with E-state index in [1.54, 1.807) is 24.3 Å². The fourth-order valence-electron chi connectivity index (χ4n) is 3.55. The number of aryl methyl sites for hydroxylation is 2. The Balaban J connectivity index is 1.72. The van der Waals surface area contributed by atoms with Crippen molar-refractivity contribution < 1.29 is 9.59 Å². The molecule has 5 heteroatoms. The summed E-state index contributed by atoms with van der Waals surface area (Å²) in [4.78, 5) is 29.5. The van der Waals surface area contributed by atoms with E-state index in [0.717, 1.165) is 55.8 Å². The topological polar surface area (TPSA) is 52.7 Å². The van der Waals surface area contributed by atoms with Gasteiger partial charge >= 0.3 is 0 Å². The number of carbonyl (C=O) groups excluding carboxylic acids is 2. The molecule has 0 saturated carbocycles. The number of piperazine rings is 1. The van der Waals surface area contributed by atoms with Crippen molar-refractivity contribution in [2.24, 2.45) is 0 Å². The first-order valence-corrected chi connectivity index (χ1v) is 10.0. The summed E-state index contributed by atoms with van der Waals surface area (Å²) in [5.74, 6) is -0.112. The number of nitrogens with one attached hydrogen (secondary N) is 1. The van der Waals surface area contributed by atoms with Crippen molar-refractivity contribution >= 4 is 17.5 Å². The van der Waals surface area contributed by atoms with Gasteiger partial charge in [-0.3, -0.25) is 9.59 Å². The summed E-state index contributed by atoms with van der Waals surface area (Å²) in [7, 11) is 2.07. The van der Waals surface area contributed by atoms with Gasteiger partial charge in [0.2, 0.25) is 0 Å². The molecule has 0 aliphatic carbocycles. The van der Waals surface area contributed by atoms with Gasteiger partial charge in [-0.25, -0.2) is 0 Å². The molecule has 2 aromatic rings. The third-order valence-electron chi connectivity index (χ3n) is 5.42. The maximum atomic E-state index is 12.8. The number of carbonyl (C=O) groups is 2. The van der Waals surface area contributed by atoms with E-state index in [0.29, 0.717) is 11.1 Å². The van der Waals surface area contributed by atoms with Gasteiger partial charge in [0.1, 0.15) is 0 Å². The average molecular weight is 380 g/mol. The van der Waals surface area contributed by atoms with Crippen molar-refractivity contribution in [3.63, 3.8) is 0 Å². The number of para-hydroxylation sites is 1. The smallest absolute Gasteiger partial charge is 0.255 e. The number of likely N-dealkylation sites (N-methyl/N-ethyl adjacent to an activating group) is 1. The Hall–Kier alpha value is -2.66. The molecular weight excluding hydrogens is 350 g/mol. The van der Waals surface area contributed by atoms with E-state index in [4.69, 9.17) is 0 Å². The molecule has 1 saturated heterocycles. The van der Waals surface area contributed by atoms with Gasteiger partial charge in [0.05, 0.1) is 0 Å². The van der Waals surface area contributed by atoms with Crippen molar-refractivity contribution in [3.8, 4) is 0 Å². The minimum absolute atomic E-state index is 0.0321. The van der Waals surface area contributed by atoms with E-state index in [2.05, 4.69) is 31.1 Å². The van der Waals surface area contributed by atoms with Gasteiger partial charge in [0, 0.05) is 43.0 Å². The molecule has 5 nitrogen and oxygen atoms in total. The summed E-state index contributed by atoms with van der Waals surface area (Å²) >= 11 is 0. The number of amides is 2. The van der Waals surface area contributed by atoms with E-state index >= 15 is 0 Å². The molecular formula is C23H29N3O2. The molecule has 0 bridgehead atoms. The van der Waals surface area contributed by atoms with Crippen LogP contribution in [0.1, 0.15) is 45.7 Å². The second-order valence-corrected chi connectivity index (χ2v) is 7.29. The van der Waals surface area contributed by atoms with Crippen LogP contribution in [0.15, 0.2) is 42.5 Å². The zero-order chi connectivity index (χ0) is 20.1. The van der Waals surface area contributed by atoms with Gasteiger partial charge in [-0.2, -0.15) is 0 Å².